The van der Waals surface area contributed by atoms with E-state index in [2.05, 4.69) is 4.98 Å². The molecule has 0 unspecified atom stereocenters. The fourth-order valence-electron chi connectivity index (χ4n) is 4.81. The van der Waals surface area contributed by atoms with Crippen molar-refractivity contribution >= 4 is 27.5 Å². The van der Waals surface area contributed by atoms with Gasteiger partial charge < -0.3 is 19.0 Å². The number of ether oxygens (including phenoxy) is 2. The summed E-state index contributed by atoms with van der Waals surface area (Å²) in [4.78, 5) is 31.5. The number of aromatic nitrogens is 3. The van der Waals surface area contributed by atoms with Gasteiger partial charge in [-0.2, -0.15) is 5.10 Å². The Kier molecular flexibility index (Phi) is 7.21. The van der Waals surface area contributed by atoms with Gasteiger partial charge in [0.15, 0.2) is 0 Å². The monoisotopic (exact) mass is 537 g/mol. The van der Waals surface area contributed by atoms with Crippen LogP contribution in [0.4, 0.5) is 0 Å². The third-order valence-corrected chi connectivity index (χ3v) is 8.47. The van der Waals surface area contributed by atoms with Gasteiger partial charge in [-0.25, -0.2) is 4.98 Å². The number of benzene rings is 1. The average Bonchev–Trinajstić information content (AvgIpc) is 3.54. The van der Waals surface area contributed by atoms with Gasteiger partial charge in [-0.05, 0) is 57.2 Å². The molecule has 4 aromatic rings. The lowest BCUT2D eigenvalue weighted by Crippen LogP contribution is -2.37. The summed E-state index contributed by atoms with van der Waals surface area (Å²) in [6.45, 7) is 8.47. The Balaban J connectivity index is 1.70. The number of rotatable bonds is 8. The molecular formula is C28H31N3O6S. The zero-order valence-corrected chi connectivity index (χ0v) is 22.7. The van der Waals surface area contributed by atoms with Crippen LogP contribution in [0.25, 0.3) is 21.0 Å². The van der Waals surface area contributed by atoms with Gasteiger partial charge in [0.1, 0.15) is 28.3 Å². The van der Waals surface area contributed by atoms with E-state index >= 15 is 0 Å². The van der Waals surface area contributed by atoms with Gasteiger partial charge in [0.05, 0.1) is 29.1 Å². The van der Waals surface area contributed by atoms with Gasteiger partial charge >= 0.3 is 5.97 Å². The van der Waals surface area contributed by atoms with Crippen molar-refractivity contribution in [2.45, 2.75) is 64.7 Å². The van der Waals surface area contributed by atoms with Crippen LogP contribution < -0.4 is 5.43 Å². The smallest absolute Gasteiger partial charge is 0.315 e. The summed E-state index contributed by atoms with van der Waals surface area (Å²) in [5, 5.41) is 15.1. The summed E-state index contributed by atoms with van der Waals surface area (Å²) < 4.78 is 19.5. The molecule has 0 aliphatic carbocycles. The van der Waals surface area contributed by atoms with Crippen molar-refractivity contribution < 1.29 is 23.8 Å². The van der Waals surface area contributed by atoms with E-state index in [-0.39, 0.29) is 17.9 Å². The van der Waals surface area contributed by atoms with E-state index < -0.39 is 16.8 Å². The highest BCUT2D eigenvalue weighted by atomic mass is 32.1. The molecule has 1 saturated heterocycles. The number of aliphatic carboxylic acids is 1. The second-order valence-corrected chi connectivity index (χ2v) is 11.2. The second kappa shape index (κ2) is 10.4. The number of carbonyl (C=O) groups is 1. The van der Waals surface area contributed by atoms with E-state index in [0.717, 1.165) is 24.0 Å². The molecule has 200 valence electrons. The van der Waals surface area contributed by atoms with Crippen molar-refractivity contribution in [1.29, 1.82) is 0 Å². The minimum Gasteiger partial charge on any atom is -0.481 e. The molecule has 0 saturated carbocycles. The van der Waals surface area contributed by atoms with Crippen LogP contribution in [0.3, 0.4) is 0 Å². The largest absolute Gasteiger partial charge is 0.481 e. The lowest BCUT2D eigenvalue weighted by molar-refractivity contribution is -0.142. The second-order valence-electron chi connectivity index (χ2n) is 10.2. The van der Waals surface area contributed by atoms with Crippen LogP contribution >= 0.6 is 11.3 Å². The standard InChI is InChI=1S/C28H31N3O6S/c1-16-7-5-6-8-19(16)20(37-18-9-12-35-13-10-18)15-31-26-21(17(2)23(38-26)25-29-11-14-36-25)22(32)24(30-31)28(3,4)27(33)34/h5-8,11,14,18,20H,9-10,12-13,15H2,1-4H3,(H,33,34)/t20-/m0/s1. The molecule has 4 heterocycles. The summed E-state index contributed by atoms with van der Waals surface area (Å²) in [7, 11) is 0. The van der Waals surface area contributed by atoms with Gasteiger partial charge in [-0.15, -0.1) is 11.3 Å². The molecule has 1 N–H and O–H groups in total. The Labute approximate surface area is 224 Å². The number of hydrogen-bond acceptors (Lipinski definition) is 8. The van der Waals surface area contributed by atoms with Crippen molar-refractivity contribution in [2.24, 2.45) is 0 Å². The van der Waals surface area contributed by atoms with E-state index in [4.69, 9.17) is 19.0 Å². The van der Waals surface area contributed by atoms with Crippen molar-refractivity contribution in [1.82, 2.24) is 14.8 Å². The molecule has 0 bridgehead atoms. The Hall–Kier alpha value is -3.34. The highest BCUT2D eigenvalue weighted by Crippen LogP contribution is 2.38. The molecule has 1 aromatic carbocycles. The number of hydrogen-bond donors (Lipinski definition) is 1. The summed E-state index contributed by atoms with van der Waals surface area (Å²) in [5.74, 6) is -0.717. The van der Waals surface area contributed by atoms with Crippen LogP contribution in [-0.4, -0.2) is 45.2 Å². The SMILES string of the molecule is Cc1ccccc1[C@H](Cn1nc(C(C)(C)C(=O)O)c(=O)c2c(C)c(-c3ncco3)sc21)OC1CCOCC1. The Morgan fingerprint density at radius 1 is 1.26 bits per heavy atom. The predicted octanol–water partition coefficient (Wildman–Crippen LogP) is 5.03. The van der Waals surface area contributed by atoms with Gasteiger partial charge in [0.2, 0.25) is 11.3 Å². The molecule has 1 fully saturated rings. The maximum absolute atomic E-state index is 13.7. The number of carboxylic acids is 1. The summed E-state index contributed by atoms with van der Waals surface area (Å²) in [6, 6.07) is 8.04. The van der Waals surface area contributed by atoms with Crippen molar-refractivity contribution in [3.8, 4) is 10.8 Å². The van der Waals surface area contributed by atoms with Crippen LogP contribution in [0, 0.1) is 13.8 Å². The third kappa shape index (κ3) is 4.79. The first-order chi connectivity index (χ1) is 18.2. The van der Waals surface area contributed by atoms with Crippen molar-refractivity contribution in [3.05, 3.63) is 69.3 Å². The molecular weight excluding hydrogens is 506 g/mol. The van der Waals surface area contributed by atoms with Crippen LogP contribution in [0.15, 0.2) is 45.9 Å². The van der Waals surface area contributed by atoms with E-state index in [0.29, 0.717) is 46.3 Å². The number of thiophene rings is 1. The van der Waals surface area contributed by atoms with Crippen molar-refractivity contribution in [2.75, 3.05) is 13.2 Å². The Morgan fingerprint density at radius 3 is 2.66 bits per heavy atom. The molecule has 0 amide bonds. The summed E-state index contributed by atoms with van der Waals surface area (Å²) in [5.41, 5.74) is 0.877. The fraction of sp³-hybridized carbons (Fsp3) is 0.429. The van der Waals surface area contributed by atoms with Crippen LogP contribution in [-0.2, 0) is 26.2 Å². The molecule has 1 aliphatic heterocycles. The Morgan fingerprint density at radius 2 is 2.00 bits per heavy atom. The topological polar surface area (TPSA) is 117 Å². The first-order valence-electron chi connectivity index (χ1n) is 12.6. The minimum atomic E-state index is -1.50. The van der Waals surface area contributed by atoms with Gasteiger partial charge in [-0.3, -0.25) is 14.3 Å². The Bertz CT molecular complexity index is 1520. The van der Waals surface area contributed by atoms with E-state index in [1.807, 2.05) is 38.1 Å². The number of nitrogens with zero attached hydrogens (tertiary/aromatic N) is 3. The first-order valence-corrected chi connectivity index (χ1v) is 13.5. The van der Waals surface area contributed by atoms with Crippen LogP contribution in [0.5, 0.6) is 0 Å². The van der Waals surface area contributed by atoms with E-state index in [1.54, 1.807) is 10.9 Å². The lowest BCUT2D eigenvalue weighted by atomic mass is 9.88. The average molecular weight is 538 g/mol. The summed E-state index contributed by atoms with van der Waals surface area (Å²) in [6.07, 6.45) is 4.27. The molecule has 1 atom stereocenters. The lowest BCUT2D eigenvalue weighted by Gasteiger charge is -2.29. The number of fused-ring (bicyclic) bond motifs is 1. The number of carboxylic acid groups (broad SMARTS) is 1. The molecule has 0 spiro atoms. The molecule has 9 nitrogen and oxygen atoms in total. The highest BCUT2D eigenvalue weighted by Gasteiger charge is 2.37. The molecule has 0 radical (unpaired) electrons. The number of oxazole rings is 1. The number of aryl methyl sites for hydroxylation is 2. The minimum absolute atomic E-state index is 0.0195. The molecule has 1 aliphatic rings. The maximum atomic E-state index is 13.7. The van der Waals surface area contributed by atoms with Crippen LogP contribution in [0.1, 0.15) is 55.2 Å². The zero-order valence-electron chi connectivity index (χ0n) is 21.9. The van der Waals surface area contributed by atoms with E-state index in [1.165, 1.54) is 31.4 Å². The molecule has 38 heavy (non-hydrogen) atoms. The quantitative estimate of drug-likeness (QED) is 0.333. The fourth-order valence-corrected chi connectivity index (χ4v) is 6.02. The van der Waals surface area contributed by atoms with Gasteiger partial charge in [-0.1, -0.05) is 24.3 Å². The molecule has 5 rings (SSSR count). The van der Waals surface area contributed by atoms with E-state index in [9.17, 15) is 14.7 Å². The van der Waals surface area contributed by atoms with Crippen molar-refractivity contribution in [3.63, 3.8) is 0 Å². The summed E-state index contributed by atoms with van der Waals surface area (Å²) >= 11 is 1.36. The first kappa shape index (κ1) is 26.3. The normalized spacial score (nSPS) is 15.7. The molecule has 3 aromatic heterocycles. The van der Waals surface area contributed by atoms with Gasteiger partial charge in [0.25, 0.3) is 0 Å². The zero-order chi connectivity index (χ0) is 27.0. The predicted molar refractivity (Wildman–Crippen MR) is 144 cm³/mol. The van der Waals surface area contributed by atoms with Crippen LogP contribution in [0.2, 0.25) is 0 Å². The van der Waals surface area contributed by atoms with Gasteiger partial charge in [0, 0.05) is 13.2 Å². The highest BCUT2D eigenvalue weighted by molar-refractivity contribution is 7.22. The molecule has 10 heteroatoms. The maximum Gasteiger partial charge on any atom is 0.315 e. The third-order valence-electron chi connectivity index (χ3n) is 7.18.